The van der Waals surface area contributed by atoms with Gasteiger partial charge in [0.15, 0.2) is 0 Å². The first-order valence-electron chi connectivity index (χ1n) is 4.52. The zero-order valence-corrected chi connectivity index (χ0v) is 8.57. The molecule has 82 valence electrons. The van der Waals surface area contributed by atoms with Crippen molar-refractivity contribution in [2.45, 2.75) is 20.0 Å². The molecule has 1 unspecified atom stereocenters. The second kappa shape index (κ2) is 3.98. The third-order valence-corrected chi connectivity index (χ3v) is 2.42. The highest BCUT2D eigenvalue weighted by molar-refractivity contribution is 5.74. The zero-order valence-electron chi connectivity index (χ0n) is 8.57. The maximum absolute atomic E-state index is 12.6. The van der Waals surface area contributed by atoms with E-state index < -0.39 is 23.3 Å². The van der Waals surface area contributed by atoms with E-state index in [-0.39, 0.29) is 0 Å². The molecule has 1 aromatic rings. The van der Waals surface area contributed by atoms with Crippen LogP contribution < -0.4 is 0 Å². The summed E-state index contributed by atoms with van der Waals surface area (Å²) in [6.45, 7) is 2.84. The van der Waals surface area contributed by atoms with E-state index in [9.17, 15) is 14.3 Å². The number of aliphatic hydroxyl groups is 1. The summed E-state index contributed by atoms with van der Waals surface area (Å²) in [6, 6.07) is 5.14. The number of aliphatic carboxylic acids is 1. The molecule has 0 bridgehead atoms. The molecule has 0 saturated heterocycles. The predicted molar refractivity (Wildman–Crippen MR) is 52.8 cm³/mol. The molecule has 2 N–H and O–H groups in total. The quantitative estimate of drug-likeness (QED) is 0.805. The normalized spacial score (nSPS) is 13.6. The highest BCUT2D eigenvalue weighted by atomic mass is 19.1. The lowest BCUT2D eigenvalue weighted by Gasteiger charge is -2.26. The Kier molecular flexibility index (Phi) is 3.09. The number of carboxylic acids is 1. The third kappa shape index (κ3) is 2.33. The third-order valence-electron chi connectivity index (χ3n) is 2.42. The number of halogens is 1. The lowest BCUT2D eigenvalue weighted by Crippen LogP contribution is -2.31. The van der Waals surface area contributed by atoms with Gasteiger partial charge < -0.3 is 10.2 Å². The Bertz CT molecular complexity index is 357. The van der Waals surface area contributed by atoms with Crippen molar-refractivity contribution in [3.63, 3.8) is 0 Å². The molecular formula is C11H13FO3. The second-order valence-electron chi connectivity index (χ2n) is 3.98. The number of hydrogen-bond donors (Lipinski definition) is 2. The first-order valence-corrected chi connectivity index (χ1v) is 4.52. The monoisotopic (exact) mass is 212 g/mol. The minimum Gasteiger partial charge on any atom is -0.481 e. The number of benzene rings is 1. The fourth-order valence-corrected chi connectivity index (χ4v) is 1.18. The van der Waals surface area contributed by atoms with Crippen LogP contribution in [-0.2, 0) is 4.79 Å². The van der Waals surface area contributed by atoms with Crippen LogP contribution in [0.1, 0.15) is 25.5 Å². The second-order valence-corrected chi connectivity index (χ2v) is 3.98. The molecule has 0 amide bonds. The largest absolute Gasteiger partial charge is 0.481 e. The van der Waals surface area contributed by atoms with Gasteiger partial charge in [-0.2, -0.15) is 0 Å². The van der Waals surface area contributed by atoms with E-state index in [1.807, 2.05) is 0 Å². The van der Waals surface area contributed by atoms with Crippen molar-refractivity contribution in [1.82, 2.24) is 0 Å². The van der Waals surface area contributed by atoms with Gasteiger partial charge in [-0.25, -0.2) is 4.39 Å². The molecule has 0 heterocycles. The Hall–Kier alpha value is -1.42. The van der Waals surface area contributed by atoms with Crippen molar-refractivity contribution in [3.05, 3.63) is 35.6 Å². The maximum atomic E-state index is 12.6. The molecule has 1 atom stereocenters. The number of hydrogen-bond acceptors (Lipinski definition) is 2. The van der Waals surface area contributed by atoms with E-state index in [2.05, 4.69) is 0 Å². The van der Waals surface area contributed by atoms with Crippen LogP contribution in [-0.4, -0.2) is 16.2 Å². The lowest BCUT2D eigenvalue weighted by atomic mass is 9.83. The topological polar surface area (TPSA) is 57.5 Å². The molecule has 1 aromatic carbocycles. The van der Waals surface area contributed by atoms with Crippen molar-refractivity contribution in [3.8, 4) is 0 Å². The fraction of sp³-hybridized carbons (Fsp3) is 0.364. The molecule has 0 spiro atoms. The van der Waals surface area contributed by atoms with Crippen LogP contribution >= 0.6 is 0 Å². The standard InChI is InChI=1S/C11H13FO3/c1-11(2,10(14)15)9(13)7-3-5-8(12)6-4-7/h3-6,9,13H,1-2H3,(H,14,15). The molecule has 0 aliphatic rings. The average molecular weight is 212 g/mol. The Balaban J connectivity index is 2.99. The van der Waals surface area contributed by atoms with Gasteiger partial charge in [-0.1, -0.05) is 12.1 Å². The van der Waals surface area contributed by atoms with E-state index in [1.54, 1.807) is 0 Å². The van der Waals surface area contributed by atoms with Crippen LogP contribution in [0, 0.1) is 11.2 Å². The van der Waals surface area contributed by atoms with E-state index in [0.29, 0.717) is 5.56 Å². The van der Waals surface area contributed by atoms with Gasteiger partial charge in [-0.3, -0.25) is 4.79 Å². The van der Waals surface area contributed by atoms with E-state index in [0.717, 1.165) is 0 Å². The van der Waals surface area contributed by atoms with Gasteiger partial charge >= 0.3 is 5.97 Å². The summed E-state index contributed by atoms with van der Waals surface area (Å²) in [4.78, 5) is 10.9. The molecule has 0 fully saturated rings. The van der Waals surface area contributed by atoms with Gasteiger partial charge in [-0.15, -0.1) is 0 Å². The summed E-state index contributed by atoms with van der Waals surface area (Å²) in [5.74, 6) is -1.52. The number of carboxylic acid groups (broad SMARTS) is 1. The average Bonchev–Trinajstić information content (AvgIpc) is 2.17. The molecular weight excluding hydrogens is 199 g/mol. The van der Waals surface area contributed by atoms with Crippen molar-refractivity contribution >= 4 is 5.97 Å². The van der Waals surface area contributed by atoms with E-state index in [4.69, 9.17) is 5.11 Å². The zero-order chi connectivity index (χ0) is 11.6. The number of carbonyl (C=O) groups is 1. The summed E-state index contributed by atoms with van der Waals surface area (Å²) >= 11 is 0. The van der Waals surface area contributed by atoms with Crippen LogP contribution in [0.5, 0.6) is 0 Å². The van der Waals surface area contributed by atoms with Gasteiger partial charge in [0.05, 0.1) is 11.5 Å². The van der Waals surface area contributed by atoms with Gasteiger partial charge in [0, 0.05) is 0 Å². The lowest BCUT2D eigenvalue weighted by molar-refractivity contribution is -0.153. The summed E-state index contributed by atoms with van der Waals surface area (Å²) in [7, 11) is 0. The summed E-state index contributed by atoms with van der Waals surface area (Å²) in [5, 5.41) is 18.7. The van der Waals surface area contributed by atoms with E-state index >= 15 is 0 Å². The Morgan fingerprint density at radius 2 is 1.80 bits per heavy atom. The van der Waals surface area contributed by atoms with Crippen LogP contribution in [0.3, 0.4) is 0 Å². The van der Waals surface area contributed by atoms with Crippen molar-refractivity contribution in [2.75, 3.05) is 0 Å². The first-order chi connectivity index (χ1) is 6.85. The van der Waals surface area contributed by atoms with E-state index in [1.165, 1.54) is 38.1 Å². The highest BCUT2D eigenvalue weighted by Crippen LogP contribution is 2.33. The number of rotatable bonds is 3. The minimum absolute atomic E-state index is 0.392. The Morgan fingerprint density at radius 1 is 1.33 bits per heavy atom. The SMILES string of the molecule is CC(C)(C(=O)O)C(O)c1ccc(F)cc1. The van der Waals surface area contributed by atoms with Crippen LogP contribution in [0.25, 0.3) is 0 Å². The van der Waals surface area contributed by atoms with Gasteiger partial charge in [0.2, 0.25) is 0 Å². The molecule has 15 heavy (non-hydrogen) atoms. The number of aliphatic hydroxyl groups excluding tert-OH is 1. The predicted octanol–water partition coefficient (Wildman–Crippen LogP) is 1.97. The van der Waals surface area contributed by atoms with Crippen LogP contribution in [0.4, 0.5) is 4.39 Å². The van der Waals surface area contributed by atoms with Crippen molar-refractivity contribution in [1.29, 1.82) is 0 Å². The summed E-state index contributed by atoms with van der Waals surface area (Å²) in [5.41, 5.74) is -0.901. The minimum atomic E-state index is -1.29. The van der Waals surface area contributed by atoms with Gasteiger partial charge in [-0.05, 0) is 31.5 Å². The Labute approximate surface area is 87.2 Å². The Morgan fingerprint density at radius 3 is 2.20 bits per heavy atom. The molecule has 4 heteroatoms. The molecule has 1 rings (SSSR count). The van der Waals surface area contributed by atoms with Crippen LogP contribution in [0.15, 0.2) is 24.3 Å². The molecule has 0 aromatic heterocycles. The van der Waals surface area contributed by atoms with Gasteiger partial charge in [0.25, 0.3) is 0 Å². The van der Waals surface area contributed by atoms with Gasteiger partial charge in [0.1, 0.15) is 5.82 Å². The molecule has 0 aliphatic carbocycles. The summed E-state index contributed by atoms with van der Waals surface area (Å²) in [6.07, 6.45) is -1.16. The summed E-state index contributed by atoms with van der Waals surface area (Å²) < 4.78 is 12.6. The van der Waals surface area contributed by atoms with Crippen molar-refractivity contribution in [2.24, 2.45) is 5.41 Å². The molecule has 3 nitrogen and oxygen atoms in total. The fourth-order valence-electron chi connectivity index (χ4n) is 1.18. The maximum Gasteiger partial charge on any atom is 0.312 e. The molecule has 0 saturated carbocycles. The van der Waals surface area contributed by atoms with Crippen molar-refractivity contribution < 1.29 is 19.4 Å². The molecule has 0 radical (unpaired) electrons. The van der Waals surface area contributed by atoms with Crippen LogP contribution in [0.2, 0.25) is 0 Å². The first kappa shape index (κ1) is 11.7. The smallest absolute Gasteiger partial charge is 0.312 e. The highest BCUT2D eigenvalue weighted by Gasteiger charge is 2.36. The molecule has 0 aliphatic heterocycles.